The predicted molar refractivity (Wildman–Crippen MR) is 132 cm³/mol. The number of fused-ring (bicyclic) bond motifs is 1. The third kappa shape index (κ3) is 7.94. The fourth-order valence-corrected chi connectivity index (χ4v) is 9.38. The molecule has 0 saturated heterocycles. The Labute approximate surface area is 191 Å². The van der Waals surface area contributed by atoms with Crippen LogP contribution in [0.5, 0.6) is 0 Å². The van der Waals surface area contributed by atoms with Gasteiger partial charge in [-0.3, -0.25) is 0 Å². The summed E-state index contributed by atoms with van der Waals surface area (Å²) in [5, 5.41) is 0. The van der Waals surface area contributed by atoms with Gasteiger partial charge in [-0.2, -0.15) is 0 Å². The van der Waals surface area contributed by atoms with Crippen molar-refractivity contribution in [2.75, 3.05) is 6.54 Å². The van der Waals surface area contributed by atoms with E-state index in [1.54, 1.807) is 0 Å². The maximum Gasteiger partial charge on any atom is 0.410 e. The van der Waals surface area contributed by atoms with Gasteiger partial charge in [0, 0.05) is 6.54 Å². The zero-order chi connectivity index (χ0) is 22.9. The van der Waals surface area contributed by atoms with Crippen molar-refractivity contribution in [1.82, 2.24) is 4.90 Å². The lowest BCUT2D eigenvalue weighted by molar-refractivity contribution is 0.00990. The Balaban J connectivity index is 2.32. The van der Waals surface area contributed by atoms with E-state index in [4.69, 9.17) is 9.16 Å². The van der Waals surface area contributed by atoms with E-state index < -0.39 is 13.9 Å². The first-order chi connectivity index (χ1) is 14.7. The number of hydrogen-bond donors (Lipinski definition) is 0. The molecule has 2 rings (SSSR count). The van der Waals surface area contributed by atoms with E-state index in [2.05, 4.69) is 45.0 Å². The molecule has 1 aliphatic heterocycles. The molecule has 1 aromatic carbocycles. The van der Waals surface area contributed by atoms with Gasteiger partial charge in [0.2, 0.25) is 0 Å². The lowest BCUT2D eigenvalue weighted by atomic mass is 9.98. The summed E-state index contributed by atoms with van der Waals surface area (Å²) >= 11 is 0. The molecule has 1 atom stereocenters. The molecule has 0 aliphatic carbocycles. The van der Waals surface area contributed by atoms with Gasteiger partial charge in [0.15, 0.2) is 8.32 Å². The van der Waals surface area contributed by atoms with Crippen LogP contribution in [0.3, 0.4) is 0 Å². The normalized spacial score (nSPS) is 16.8. The first-order valence-electron chi connectivity index (χ1n) is 12.5. The zero-order valence-electron chi connectivity index (χ0n) is 20.8. The number of carbonyl (C=O) groups is 1. The Kier molecular flexibility index (Phi) is 10.1. The minimum absolute atomic E-state index is 0.0466. The van der Waals surface area contributed by atoms with Crippen molar-refractivity contribution in [1.29, 1.82) is 0 Å². The number of nitrogens with zero attached hydrogens (tertiary/aromatic N) is 1. The first kappa shape index (κ1) is 25.9. The monoisotopic (exact) mass is 447 g/mol. The fourth-order valence-electron chi connectivity index (χ4n) is 4.48. The van der Waals surface area contributed by atoms with Gasteiger partial charge in [-0.05, 0) is 50.0 Å². The van der Waals surface area contributed by atoms with Crippen molar-refractivity contribution in [3.63, 3.8) is 0 Å². The predicted octanol–water partition coefficient (Wildman–Crippen LogP) is 7.84. The number of rotatable bonds is 11. The molecular weight excluding hydrogens is 402 g/mol. The molecule has 1 amide bonds. The minimum atomic E-state index is -1.90. The molecule has 1 heterocycles. The van der Waals surface area contributed by atoms with E-state index in [1.807, 2.05) is 25.7 Å². The number of amides is 1. The Morgan fingerprint density at radius 1 is 1.00 bits per heavy atom. The highest BCUT2D eigenvalue weighted by molar-refractivity contribution is 6.73. The molecule has 4 nitrogen and oxygen atoms in total. The van der Waals surface area contributed by atoms with Gasteiger partial charge in [-0.1, -0.05) is 83.6 Å². The first-order valence-corrected chi connectivity index (χ1v) is 15.0. The smallest absolute Gasteiger partial charge is 0.410 e. The van der Waals surface area contributed by atoms with Crippen LogP contribution < -0.4 is 0 Å². The van der Waals surface area contributed by atoms with Gasteiger partial charge >= 0.3 is 6.09 Å². The van der Waals surface area contributed by atoms with E-state index in [1.165, 1.54) is 67.8 Å². The maximum absolute atomic E-state index is 12.9. The molecule has 0 N–H and O–H groups in total. The largest absolute Gasteiger partial charge is 0.444 e. The van der Waals surface area contributed by atoms with Crippen LogP contribution in [0.2, 0.25) is 18.1 Å². The maximum atomic E-state index is 12.9. The summed E-state index contributed by atoms with van der Waals surface area (Å²) in [4.78, 5) is 14.8. The molecule has 0 bridgehead atoms. The Bertz CT molecular complexity index is 664. The van der Waals surface area contributed by atoms with Crippen molar-refractivity contribution >= 4 is 14.4 Å². The zero-order valence-corrected chi connectivity index (χ0v) is 21.8. The molecule has 0 aromatic heterocycles. The van der Waals surface area contributed by atoms with Crippen LogP contribution in [-0.2, 0) is 15.7 Å². The van der Waals surface area contributed by atoms with E-state index in [9.17, 15) is 4.79 Å². The van der Waals surface area contributed by atoms with Gasteiger partial charge in [0.05, 0.1) is 12.6 Å². The molecule has 0 radical (unpaired) electrons. The molecular formula is C26H45NO3Si. The summed E-state index contributed by atoms with van der Waals surface area (Å²) in [5.41, 5.74) is 1.96. The second-order valence-electron chi connectivity index (χ2n) is 10.2. The van der Waals surface area contributed by atoms with Gasteiger partial charge < -0.3 is 14.1 Å². The summed E-state index contributed by atoms with van der Waals surface area (Å²) in [7, 11) is -1.90. The van der Waals surface area contributed by atoms with Gasteiger partial charge in [0.25, 0.3) is 0 Å². The highest BCUT2D eigenvalue weighted by Crippen LogP contribution is 2.38. The van der Waals surface area contributed by atoms with E-state index in [0.717, 1.165) is 0 Å². The molecule has 0 saturated carbocycles. The number of hydrogen-bond acceptors (Lipinski definition) is 3. The quantitative estimate of drug-likeness (QED) is 0.324. The second-order valence-corrected chi connectivity index (χ2v) is 14.3. The number of carbonyl (C=O) groups excluding carboxylic acids is 1. The van der Waals surface area contributed by atoms with Crippen LogP contribution in [-0.4, -0.2) is 31.5 Å². The fraction of sp³-hybridized carbons (Fsp3) is 0.731. The summed E-state index contributed by atoms with van der Waals surface area (Å²) in [6, 6.07) is 12.2. The van der Waals surface area contributed by atoms with Gasteiger partial charge in [-0.25, -0.2) is 4.79 Å². The molecule has 176 valence electrons. The molecule has 0 spiro atoms. The van der Waals surface area contributed by atoms with Gasteiger partial charge in [-0.15, -0.1) is 0 Å². The van der Waals surface area contributed by atoms with Crippen molar-refractivity contribution in [2.24, 2.45) is 0 Å². The summed E-state index contributed by atoms with van der Waals surface area (Å²) in [6.07, 6.45) is 7.07. The van der Waals surface area contributed by atoms with Crippen LogP contribution in [0, 0.1) is 0 Å². The molecule has 5 heteroatoms. The molecule has 0 unspecified atom stereocenters. The third-order valence-corrected chi connectivity index (χ3v) is 10.7. The van der Waals surface area contributed by atoms with E-state index in [-0.39, 0.29) is 12.2 Å². The van der Waals surface area contributed by atoms with E-state index >= 15 is 0 Å². The summed E-state index contributed by atoms with van der Waals surface area (Å²) < 4.78 is 12.9. The molecule has 1 aliphatic rings. The minimum Gasteiger partial charge on any atom is -0.444 e. The number of ether oxygens (including phenoxy) is 1. The average molecular weight is 448 g/mol. The highest BCUT2D eigenvalue weighted by atomic mass is 28.4. The van der Waals surface area contributed by atoms with Crippen molar-refractivity contribution < 1.29 is 14.0 Å². The molecule has 31 heavy (non-hydrogen) atoms. The standard InChI is InChI=1S/C26H45NO3Si/c1-7-10-17-31(18-11-8-2,19-12-9-3)30-24-21-27(25(28)29-26(4,5)6)20-22-15-13-14-16-23(22)24/h13-16,24H,7-12,17-21H2,1-6H3/t24-/m0/s1. The number of unbranched alkanes of at least 4 members (excludes halogenated alkanes) is 3. The number of benzene rings is 1. The Morgan fingerprint density at radius 2 is 1.55 bits per heavy atom. The molecule has 0 fully saturated rings. The van der Waals surface area contributed by atoms with Crippen LogP contribution in [0.1, 0.15) is 97.3 Å². The van der Waals surface area contributed by atoms with Gasteiger partial charge in [0.1, 0.15) is 5.60 Å². The Hall–Kier alpha value is -1.33. The van der Waals surface area contributed by atoms with E-state index in [0.29, 0.717) is 13.1 Å². The van der Waals surface area contributed by atoms with Crippen molar-refractivity contribution in [2.45, 2.75) is 116 Å². The second kappa shape index (κ2) is 12.1. The molecule has 1 aromatic rings. The summed E-state index contributed by atoms with van der Waals surface area (Å²) in [6.45, 7) is 13.8. The average Bonchev–Trinajstić information content (AvgIpc) is 2.73. The van der Waals surface area contributed by atoms with Crippen LogP contribution in [0.15, 0.2) is 24.3 Å². The SMILES string of the molecule is CCCC[Si](CCCC)(CCCC)O[C@H]1CN(C(=O)OC(C)(C)C)Cc2ccccc21. The lowest BCUT2D eigenvalue weighted by Crippen LogP contribution is -2.46. The Morgan fingerprint density at radius 3 is 2.06 bits per heavy atom. The lowest BCUT2D eigenvalue weighted by Gasteiger charge is -2.41. The summed E-state index contributed by atoms with van der Waals surface area (Å²) in [5.74, 6) is 0. The van der Waals surface area contributed by atoms with Crippen molar-refractivity contribution in [3.8, 4) is 0 Å². The van der Waals surface area contributed by atoms with Crippen LogP contribution in [0.4, 0.5) is 4.79 Å². The highest BCUT2D eigenvalue weighted by Gasteiger charge is 2.39. The third-order valence-electron chi connectivity index (χ3n) is 6.15. The topological polar surface area (TPSA) is 38.8 Å². The van der Waals surface area contributed by atoms with Crippen molar-refractivity contribution in [3.05, 3.63) is 35.4 Å². The van der Waals surface area contributed by atoms with Crippen LogP contribution in [0.25, 0.3) is 0 Å². The van der Waals surface area contributed by atoms with Crippen LogP contribution >= 0.6 is 0 Å².